The summed E-state index contributed by atoms with van der Waals surface area (Å²) in [4.78, 5) is 12.5. The number of piperidine rings is 1. The van der Waals surface area contributed by atoms with Crippen LogP contribution >= 0.6 is 0 Å². The molecular weight excluding hydrogens is 302 g/mol. The summed E-state index contributed by atoms with van der Waals surface area (Å²) in [6, 6.07) is 0. The minimum atomic E-state index is 0.471. The van der Waals surface area contributed by atoms with Crippen molar-refractivity contribution in [2.45, 2.75) is 44.7 Å². The van der Waals surface area contributed by atoms with Crippen LogP contribution in [0.4, 0.5) is 0 Å². The number of nitrogens with zero attached hydrogens (tertiary/aromatic N) is 6. The Kier molecular flexibility index (Phi) is 4.62. The summed E-state index contributed by atoms with van der Waals surface area (Å²) in [5, 5.41) is 9.04. The van der Waals surface area contributed by atoms with Gasteiger partial charge in [-0.15, -0.1) is 10.2 Å². The Morgan fingerprint density at radius 2 is 1.92 bits per heavy atom. The van der Waals surface area contributed by atoms with Crippen molar-refractivity contribution in [1.29, 1.82) is 0 Å². The average molecular weight is 329 g/mol. The Morgan fingerprint density at radius 3 is 2.71 bits per heavy atom. The monoisotopic (exact) mass is 329 g/mol. The number of aromatic nitrogens is 5. The highest BCUT2D eigenvalue weighted by molar-refractivity contribution is 5.04. The molecule has 0 saturated carbocycles. The van der Waals surface area contributed by atoms with Crippen LogP contribution in [0.15, 0.2) is 12.4 Å². The lowest BCUT2D eigenvalue weighted by Crippen LogP contribution is -2.35. The Morgan fingerprint density at radius 1 is 1.08 bits per heavy atom. The molecular formula is C17H27N7. The normalized spacial score (nSPS) is 23.1. The maximum atomic E-state index is 4.55. The fourth-order valence-corrected chi connectivity index (χ4v) is 4.02. The van der Waals surface area contributed by atoms with Gasteiger partial charge >= 0.3 is 0 Å². The third kappa shape index (κ3) is 3.37. The van der Waals surface area contributed by atoms with Crippen LogP contribution in [-0.4, -0.2) is 60.7 Å². The fourth-order valence-electron chi connectivity index (χ4n) is 4.02. The number of hydrogen-bond acceptors (Lipinski definition) is 5. The molecule has 24 heavy (non-hydrogen) atoms. The summed E-state index contributed by atoms with van der Waals surface area (Å²) in [5.41, 5.74) is 0. The van der Waals surface area contributed by atoms with Crippen molar-refractivity contribution in [3.05, 3.63) is 29.9 Å². The second-order valence-electron chi connectivity index (χ2n) is 7.13. The lowest BCUT2D eigenvalue weighted by molar-refractivity contribution is 0.191. The SMILES string of the molecule is Cn1c(CN2CCCC2)nnc1[C@@H]1CCCN(Cc2ncc[nH]2)C1. The zero-order valence-corrected chi connectivity index (χ0v) is 14.5. The molecule has 130 valence electrons. The lowest BCUT2D eigenvalue weighted by atomic mass is 9.97. The molecule has 2 saturated heterocycles. The van der Waals surface area contributed by atoms with Crippen LogP contribution in [0, 0.1) is 0 Å². The summed E-state index contributed by atoms with van der Waals surface area (Å²) >= 11 is 0. The van der Waals surface area contributed by atoms with Crippen LogP contribution in [-0.2, 0) is 20.1 Å². The third-order valence-electron chi connectivity index (χ3n) is 5.36. The van der Waals surface area contributed by atoms with Gasteiger partial charge in [-0.3, -0.25) is 9.80 Å². The van der Waals surface area contributed by atoms with Gasteiger partial charge in [0.2, 0.25) is 0 Å². The molecule has 2 fully saturated rings. The van der Waals surface area contributed by atoms with Crippen LogP contribution in [0.3, 0.4) is 0 Å². The number of imidazole rings is 1. The molecule has 1 atom stereocenters. The van der Waals surface area contributed by atoms with Crippen LogP contribution < -0.4 is 0 Å². The predicted molar refractivity (Wildman–Crippen MR) is 91.4 cm³/mol. The number of nitrogens with one attached hydrogen (secondary N) is 1. The highest BCUT2D eigenvalue weighted by atomic mass is 15.3. The van der Waals surface area contributed by atoms with Gasteiger partial charge in [-0.25, -0.2) is 4.98 Å². The molecule has 0 radical (unpaired) electrons. The summed E-state index contributed by atoms with van der Waals surface area (Å²) in [5.74, 6) is 3.77. The first-order chi connectivity index (χ1) is 11.8. The first kappa shape index (κ1) is 15.8. The molecule has 2 aromatic heterocycles. The third-order valence-corrected chi connectivity index (χ3v) is 5.36. The maximum Gasteiger partial charge on any atom is 0.146 e. The van der Waals surface area contributed by atoms with E-state index in [1.54, 1.807) is 0 Å². The van der Waals surface area contributed by atoms with E-state index in [0.717, 1.165) is 43.7 Å². The second kappa shape index (κ2) is 7.03. The van der Waals surface area contributed by atoms with Gasteiger partial charge in [-0.2, -0.15) is 0 Å². The van der Waals surface area contributed by atoms with E-state index >= 15 is 0 Å². The Labute approximate surface area is 143 Å². The molecule has 4 rings (SSSR count). The highest BCUT2D eigenvalue weighted by Crippen LogP contribution is 2.26. The van der Waals surface area contributed by atoms with Crippen molar-refractivity contribution in [1.82, 2.24) is 34.5 Å². The minimum Gasteiger partial charge on any atom is -0.348 e. The van der Waals surface area contributed by atoms with Gasteiger partial charge in [0.15, 0.2) is 0 Å². The Balaban J connectivity index is 1.42. The smallest absolute Gasteiger partial charge is 0.146 e. The Bertz CT molecular complexity index is 642. The van der Waals surface area contributed by atoms with E-state index in [0.29, 0.717) is 5.92 Å². The topological polar surface area (TPSA) is 65.9 Å². The average Bonchev–Trinajstić information content (AvgIpc) is 3.33. The fraction of sp³-hybridized carbons (Fsp3) is 0.706. The quantitative estimate of drug-likeness (QED) is 0.901. The zero-order chi connectivity index (χ0) is 16.4. The summed E-state index contributed by atoms with van der Waals surface area (Å²) < 4.78 is 2.24. The molecule has 0 aromatic carbocycles. The van der Waals surface area contributed by atoms with Crippen LogP contribution in [0.2, 0.25) is 0 Å². The van der Waals surface area contributed by atoms with Gasteiger partial charge < -0.3 is 9.55 Å². The van der Waals surface area contributed by atoms with Crippen molar-refractivity contribution < 1.29 is 0 Å². The summed E-state index contributed by atoms with van der Waals surface area (Å²) in [6.45, 7) is 6.39. The van der Waals surface area contributed by atoms with Crippen molar-refractivity contribution in [2.75, 3.05) is 26.2 Å². The Hall–Kier alpha value is -1.73. The van der Waals surface area contributed by atoms with E-state index in [2.05, 4.69) is 41.6 Å². The molecule has 0 spiro atoms. The van der Waals surface area contributed by atoms with Crippen molar-refractivity contribution >= 4 is 0 Å². The van der Waals surface area contributed by atoms with E-state index in [1.165, 1.54) is 38.8 Å². The van der Waals surface area contributed by atoms with Gasteiger partial charge in [0, 0.05) is 31.9 Å². The van der Waals surface area contributed by atoms with Crippen molar-refractivity contribution in [2.24, 2.45) is 7.05 Å². The van der Waals surface area contributed by atoms with Gasteiger partial charge in [0.05, 0.1) is 13.1 Å². The largest absolute Gasteiger partial charge is 0.348 e. The number of rotatable bonds is 5. The van der Waals surface area contributed by atoms with E-state index in [9.17, 15) is 0 Å². The molecule has 2 aliphatic heterocycles. The lowest BCUT2D eigenvalue weighted by Gasteiger charge is -2.31. The first-order valence-electron chi connectivity index (χ1n) is 9.11. The molecule has 7 nitrogen and oxygen atoms in total. The number of H-pyrrole nitrogens is 1. The van der Waals surface area contributed by atoms with E-state index in [-0.39, 0.29) is 0 Å². The minimum absolute atomic E-state index is 0.471. The van der Waals surface area contributed by atoms with Crippen LogP contribution in [0.5, 0.6) is 0 Å². The van der Waals surface area contributed by atoms with Gasteiger partial charge in [0.25, 0.3) is 0 Å². The van der Waals surface area contributed by atoms with Gasteiger partial charge in [0.1, 0.15) is 17.5 Å². The van der Waals surface area contributed by atoms with E-state index in [1.807, 2.05) is 12.4 Å². The molecule has 0 amide bonds. The second-order valence-corrected chi connectivity index (χ2v) is 7.13. The molecule has 0 bridgehead atoms. The predicted octanol–water partition coefficient (Wildman–Crippen LogP) is 1.51. The molecule has 0 aliphatic carbocycles. The van der Waals surface area contributed by atoms with Crippen molar-refractivity contribution in [3.8, 4) is 0 Å². The van der Waals surface area contributed by atoms with E-state index < -0.39 is 0 Å². The number of aromatic amines is 1. The van der Waals surface area contributed by atoms with Gasteiger partial charge in [-0.1, -0.05) is 0 Å². The number of hydrogen-bond donors (Lipinski definition) is 1. The number of likely N-dealkylation sites (tertiary alicyclic amines) is 2. The molecule has 2 aromatic rings. The zero-order valence-electron chi connectivity index (χ0n) is 14.5. The summed E-state index contributed by atoms with van der Waals surface area (Å²) in [6.07, 6.45) is 8.75. The molecule has 2 aliphatic rings. The maximum absolute atomic E-state index is 4.55. The molecule has 4 heterocycles. The molecule has 7 heteroatoms. The summed E-state index contributed by atoms with van der Waals surface area (Å²) in [7, 11) is 2.13. The van der Waals surface area contributed by atoms with Crippen LogP contribution in [0.25, 0.3) is 0 Å². The first-order valence-corrected chi connectivity index (χ1v) is 9.11. The van der Waals surface area contributed by atoms with Crippen molar-refractivity contribution in [3.63, 3.8) is 0 Å². The van der Waals surface area contributed by atoms with Gasteiger partial charge in [-0.05, 0) is 45.3 Å². The molecule has 0 unspecified atom stereocenters. The van der Waals surface area contributed by atoms with E-state index in [4.69, 9.17) is 0 Å². The highest BCUT2D eigenvalue weighted by Gasteiger charge is 2.26. The molecule has 1 N–H and O–H groups in total. The standard InChI is InChI=1S/C17H27N7/c1-22-16(13-23-8-2-3-9-23)20-21-17(22)14-5-4-10-24(11-14)12-15-18-6-7-19-15/h6-7,14H,2-5,8-13H2,1H3,(H,18,19)/t14-/m1/s1. The van der Waals surface area contributed by atoms with Crippen LogP contribution in [0.1, 0.15) is 49.1 Å².